The molecule has 0 saturated heterocycles. The number of aromatic nitrogens is 2. The quantitative estimate of drug-likeness (QED) is 0.399. The number of hydrogen-bond acceptors (Lipinski definition) is 4. The summed E-state index contributed by atoms with van der Waals surface area (Å²) in [6.07, 6.45) is 0. The molecule has 3 N–H and O–H groups in total. The van der Waals surface area contributed by atoms with Crippen LogP contribution in [-0.2, 0) is 4.79 Å². The molecule has 1 aromatic heterocycles. The normalized spacial score (nSPS) is 10.3. The van der Waals surface area contributed by atoms with Crippen molar-refractivity contribution in [1.29, 1.82) is 5.41 Å². The van der Waals surface area contributed by atoms with E-state index in [0.29, 0.717) is 5.16 Å². The van der Waals surface area contributed by atoms with E-state index in [1.807, 2.05) is 24.3 Å². The van der Waals surface area contributed by atoms with Crippen molar-refractivity contribution in [3.05, 3.63) is 24.3 Å². The first-order valence-corrected chi connectivity index (χ1v) is 5.45. The minimum Gasteiger partial charge on any atom is -0.333 e. The monoisotopic (exact) mass is 234 g/mol. The van der Waals surface area contributed by atoms with Gasteiger partial charge in [-0.2, -0.15) is 0 Å². The summed E-state index contributed by atoms with van der Waals surface area (Å²) in [5, 5.41) is 10.5. The van der Waals surface area contributed by atoms with Gasteiger partial charge in [0.15, 0.2) is 10.3 Å². The zero-order valence-corrected chi connectivity index (χ0v) is 9.39. The number of hydrogen-bond donors (Lipinski definition) is 3. The van der Waals surface area contributed by atoms with Crippen molar-refractivity contribution < 1.29 is 4.79 Å². The summed E-state index contributed by atoms with van der Waals surface area (Å²) >= 11 is 1.08. The molecule has 1 amide bonds. The third-order valence-electron chi connectivity index (χ3n) is 1.86. The summed E-state index contributed by atoms with van der Waals surface area (Å²) in [4.78, 5) is 18.1. The highest BCUT2D eigenvalue weighted by atomic mass is 32.2. The van der Waals surface area contributed by atoms with Crippen molar-refractivity contribution in [2.24, 2.45) is 0 Å². The molecule has 0 unspecified atom stereocenters. The first-order valence-electron chi connectivity index (χ1n) is 4.64. The van der Waals surface area contributed by atoms with E-state index in [1.54, 1.807) is 0 Å². The van der Waals surface area contributed by atoms with Crippen LogP contribution in [0.15, 0.2) is 29.4 Å². The van der Waals surface area contributed by atoms with Crippen LogP contribution in [-0.4, -0.2) is 21.0 Å². The number of carbonyl (C=O) groups is 1. The largest absolute Gasteiger partial charge is 0.333 e. The van der Waals surface area contributed by atoms with Gasteiger partial charge in [-0.05, 0) is 23.9 Å². The second kappa shape index (κ2) is 4.36. The number of benzene rings is 1. The van der Waals surface area contributed by atoms with Crippen molar-refractivity contribution in [2.45, 2.75) is 12.1 Å². The molecule has 0 aliphatic rings. The van der Waals surface area contributed by atoms with Crippen LogP contribution in [0.2, 0.25) is 0 Å². The highest BCUT2D eigenvalue weighted by Crippen LogP contribution is 2.18. The van der Waals surface area contributed by atoms with Crippen molar-refractivity contribution in [3.63, 3.8) is 0 Å². The van der Waals surface area contributed by atoms with Gasteiger partial charge < -0.3 is 10.3 Å². The molecule has 2 rings (SSSR count). The van der Waals surface area contributed by atoms with Crippen LogP contribution in [0, 0.1) is 5.41 Å². The fraction of sp³-hybridized carbons (Fsp3) is 0.100. The Morgan fingerprint density at radius 3 is 2.94 bits per heavy atom. The summed E-state index contributed by atoms with van der Waals surface area (Å²) in [6, 6.07) is 7.61. The molecule has 0 atom stereocenters. The lowest BCUT2D eigenvalue weighted by atomic mass is 10.3. The van der Waals surface area contributed by atoms with E-state index in [9.17, 15) is 4.79 Å². The van der Waals surface area contributed by atoms with Crippen molar-refractivity contribution in [3.8, 4) is 0 Å². The molecule has 1 aromatic carbocycles. The topological polar surface area (TPSA) is 81.6 Å². The molecule has 0 radical (unpaired) electrons. The average molecular weight is 234 g/mol. The zero-order chi connectivity index (χ0) is 11.5. The number of rotatable bonds is 1. The van der Waals surface area contributed by atoms with E-state index in [2.05, 4.69) is 15.3 Å². The molecule has 0 fully saturated rings. The number of para-hydroxylation sites is 2. The molecule has 82 valence electrons. The number of thioether (sulfide) groups is 1. The fourth-order valence-electron chi connectivity index (χ4n) is 1.26. The molecule has 16 heavy (non-hydrogen) atoms. The zero-order valence-electron chi connectivity index (χ0n) is 8.57. The molecular weight excluding hydrogens is 224 g/mol. The molecule has 0 aliphatic heterocycles. The Kier molecular flexibility index (Phi) is 2.91. The van der Waals surface area contributed by atoms with Crippen LogP contribution < -0.4 is 5.32 Å². The summed E-state index contributed by atoms with van der Waals surface area (Å²) in [7, 11) is 0. The third-order valence-corrected chi connectivity index (χ3v) is 2.55. The number of fused-ring (bicyclic) bond motifs is 1. The van der Waals surface area contributed by atoms with Crippen LogP contribution in [0.4, 0.5) is 0 Å². The van der Waals surface area contributed by atoms with Gasteiger partial charge in [0.25, 0.3) is 0 Å². The lowest BCUT2D eigenvalue weighted by Gasteiger charge is -1.99. The van der Waals surface area contributed by atoms with Gasteiger partial charge in [-0.3, -0.25) is 10.2 Å². The van der Waals surface area contributed by atoms with Gasteiger partial charge in [0.1, 0.15) is 0 Å². The molecule has 5 nitrogen and oxygen atoms in total. The summed E-state index contributed by atoms with van der Waals surface area (Å²) in [6.45, 7) is 1.37. The second-order valence-electron chi connectivity index (χ2n) is 3.17. The van der Waals surface area contributed by atoms with Gasteiger partial charge >= 0.3 is 0 Å². The predicted octanol–water partition coefficient (Wildman–Crippen LogP) is 1.73. The van der Waals surface area contributed by atoms with E-state index < -0.39 is 0 Å². The Morgan fingerprint density at radius 2 is 2.25 bits per heavy atom. The van der Waals surface area contributed by atoms with E-state index >= 15 is 0 Å². The Balaban J connectivity index is 2.15. The highest BCUT2D eigenvalue weighted by Gasteiger charge is 2.06. The summed E-state index contributed by atoms with van der Waals surface area (Å²) in [5.74, 6) is -0.256. The lowest BCUT2D eigenvalue weighted by molar-refractivity contribution is -0.117. The number of aromatic amines is 1. The number of H-pyrrole nitrogens is 1. The summed E-state index contributed by atoms with van der Waals surface area (Å²) < 4.78 is 0. The Hall–Kier alpha value is -1.82. The maximum absolute atomic E-state index is 10.7. The Morgan fingerprint density at radius 1 is 1.50 bits per heavy atom. The van der Waals surface area contributed by atoms with Crippen LogP contribution in [0.25, 0.3) is 11.0 Å². The minimum atomic E-state index is -0.256. The molecular formula is C10H10N4OS. The molecule has 0 spiro atoms. The van der Waals surface area contributed by atoms with Gasteiger partial charge in [-0.25, -0.2) is 4.98 Å². The molecule has 0 aliphatic carbocycles. The van der Waals surface area contributed by atoms with Crippen LogP contribution >= 0.6 is 11.8 Å². The van der Waals surface area contributed by atoms with Gasteiger partial charge in [0.2, 0.25) is 5.91 Å². The molecule has 2 aromatic rings. The number of amidine groups is 1. The van der Waals surface area contributed by atoms with E-state index in [-0.39, 0.29) is 11.1 Å². The van der Waals surface area contributed by atoms with Crippen LogP contribution in [0.3, 0.4) is 0 Å². The number of nitrogens with one attached hydrogen (secondary N) is 3. The van der Waals surface area contributed by atoms with Gasteiger partial charge in [-0.15, -0.1) is 0 Å². The average Bonchev–Trinajstić information content (AvgIpc) is 2.57. The highest BCUT2D eigenvalue weighted by molar-refractivity contribution is 8.13. The number of nitrogens with zero attached hydrogens (tertiary/aromatic N) is 1. The maximum Gasteiger partial charge on any atom is 0.222 e. The smallest absolute Gasteiger partial charge is 0.222 e. The second-order valence-corrected chi connectivity index (χ2v) is 4.17. The molecule has 6 heteroatoms. The predicted molar refractivity (Wildman–Crippen MR) is 63.5 cm³/mol. The number of amides is 1. The SMILES string of the molecule is CC(=O)NC(=N)Sc1nc2ccccc2[nH]1. The van der Waals surface area contributed by atoms with Gasteiger partial charge in [0.05, 0.1) is 11.0 Å². The number of imidazole rings is 1. The van der Waals surface area contributed by atoms with Crippen molar-refractivity contribution in [2.75, 3.05) is 0 Å². The lowest BCUT2D eigenvalue weighted by Crippen LogP contribution is -2.24. The maximum atomic E-state index is 10.7. The van der Waals surface area contributed by atoms with E-state index in [4.69, 9.17) is 5.41 Å². The molecule has 0 saturated carbocycles. The third kappa shape index (κ3) is 2.40. The van der Waals surface area contributed by atoms with Crippen LogP contribution in [0.5, 0.6) is 0 Å². The van der Waals surface area contributed by atoms with Crippen molar-refractivity contribution >= 4 is 33.9 Å². The van der Waals surface area contributed by atoms with E-state index in [1.165, 1.54) is 6.92 Å². The molecule has 1 heterocycles. The first-order chi connectivity index (χ1) is 7.65. The first kappa shape index (κ1) is 10.7. The minimum absolute atomic E-state index is 0.0616. The fourth-order valence-corrected chi connectivity index (χ4v) is 1.95. The molecule has 0 bridgehead atoms. The Bertz CT molecular complexity index is 515. The number of carbonyl (C=O) groups excluding carboxylic acids is 1. The standard InChI is InChI=1S/C10H10N4OS/c1-6(15)12-9(11)16-10-13-7-4-2-3-5-8(7)14-10/h2-5H,1H3,(H,13,14)(H2,11,12,15). The van der Waals surface area contributed by atoms with Gasteiger partial charge in [0, 0.05) is 6.92 Å². The van der Waals surface area contributed by atoms with Crippen LogP contribution in [0.1, 0.15) is 6.92 Å². The van der Waals surface area contributed by atoms with Gasteiger partial charge in [-0.1, -0.05) is 12.1 Å². The summed E-state index contributed by atoms with van der Waals surface area (Å²) in [5.41, 5.74) is 1.77. The van der Waals surface area contributed by atoms with E-state index in [0.717, 1.165) is 22.8 Å². The Labute approximate surface area is 96.2 Å². The van der Waals surface area contributed by atoms with Crippen molar-refractivity contribution in [1.82, 2.24) is 15.3 Å².